The Labute approximate surface area is 128 Å². The molecule has 0 saturated carbocycles. The highest BCUT2D eigenvalue weighted by atomic mass is 16.5. The highest BCUT2D eigenvalue weighted by Gasteiger charge is 2.22. The SMILES string of the molecule is CC(C)C(=O)NC[C@H](NC(=O)OCc1ccccc1)C(=O)O. The van der Waals surface area contributed by atoms with Crippen molar-refractivity contribution < 1.29 is 24.2 Å². The van der Waals surface area contributed by atoms with Gasteiger partial charge in [0.1, 0.15) is 12.6 Å². The molecule has 0 heterocycles. The number of benzene rings is 1. The van der Waals surface area contributed by atoms with E-state index in [9.17, 15) is 14.4 Å². The van der Waals surface area contributed by atoms with E-state index in [1.54, 1.807) is 38.1 Å². The van der Waals surface area contributed by atoms with Gasteiger partial charge in [0.05, 0.1) is 0 Å². The Kier molecular flexibility index (Phi) is 6.88. The highest BCUT2D eigenvalue weighted by molar-refractivity contribution is 5.82. The third-order valence-electron chi connectivity index (χ3n) is 2.81. The van der Waals surface area contributed by atoms with Crippen molar-refractivity contribution >= 4 is 18.0 Å². The second-order valence-electron chi connectivity index (χ2n) is 5.00. The van der Waals surface area contributed by atoms with Gasteiger partial charge in [0.25, 0.3) is 0 Å². The van der Waals surface area contributed by atoms with Crippen molar-refractivity contribution in [2.45, 2.75) is 26.5 Å². The lowest BCUT2D eigenvalue weighted by atomic mass is 10.2. The zero-order chi connectivity index (χ0) is 16.5. The summed E-state index contributed by atoms with van der Waals surface area (Å²) in [6.45, 7) is 3.21. The van der Waals surface area contributed by atoms with E-state index in [1.807, 2.05) is 6.07 Å². The molecule has 1 aromatic rings. The molecule has 0 aliphatic heterocycles. The molecule has 0 aliphatic carbocycles. The van der Waals surface area contributed by atoms with Crippen LogP contribution in [0.1, 0.15) is 19.4 Å². The molecular weight excluding hydrogens is 288 g/mol. The Morgan fingerprint density at radius 1 is 1.18 bits per heavy atom. The maximum atomic E-state index is 11.6. The second kappa shape index (κ2) is 8.66. The van der Waals surface area contributed by atoms with Gasteiger partial charge in [-0.05, 0) is 5.56 Å². The fourth-order valence-electron chi connectivity index (χ4n) is 1.51. The summed E-state index contributed by atoms with van der Waals surface area (Å²) in [6, 6.07) is 7.76. The second-order valence-corrected chi connectivity index (χ2v) is 5.00. The molecular formula is C15H20N2O5. The molecule has 1 atom stereocenters. The van der Waals surface area contributed by atoms with Crippen LogP contribution in [0.2, 0.25) is 0 Å². The Balaban J connectivity index is 2.43. The topological polar surface area (TPSA) is 105 Å². The fraction of sp³-hybridized carbons (Fsp3) is 0.400. The Morgan fingerprint density at radius 3 is 2.36 bits per heavy atom. The number of hydrogen-bond acceptors (Lipinski definition) is 4. The summed E-state index contributed by atoms with van der Waals surface area (Å²) in [5.74, 6) is -1.80. The number of rotatable bonds is 7. The number of carboxylic acid groups (broad SMARTS) is 1. The lowest BCUT2D eigenvalue weighted by molar-refractivity contribution is -0.139. The summed E-state index contributed by atoms with van der Waals surface area (Å²) >= 11 is 0. The van der Waals surface area contributed by atoms with E-state index in [2.05, 4.69) is 10.6 Å². The first-order valence-corrected chi connectivity index (χ1v) is 6.88. The van der Waals surface area contributed by atoms with Crippen molar-refractivity contribution in [3.63, 3.8) is 0 Å². The summed E-state index contributed by atoms with van der Waals surface area (Å²) in [5, 5.41) is 13.7. The molecule has 0 fully saturated rings. The smallest absolute Gasteiger partial charge is 0.408 e. The monoisotopic (exact) mass is 308 g/mol. The van der Waals surface area contributed by atoms with Crippen LogP contribution >= 0.6 is 0 Å². The minimum Gasteiger partial charge on any atom is -0.480 e. The van der Waals surface area contributed by atoms with Gasteiger partial charge >= 0.3 is 12.1 Å². The van der Waals surface area contributed by atoms with Crippen molar-refractivity contribution in [2.24, 2.45) is 5.92 Å². The van der Waals surface area contributed by atoms with Crippen molar-refractivity contribution in [3.05, 3.63) is 35.9 Å². The van der Waals surface area contributed by atoms with E-state index in [0.29, 0.717) is 0 Å². The number of alkyl carbamates (subject to hydrolysis) is 1. The molecule has 0 aliphatic rings. The van der Waals surface area contributed by atoms with Crippen LogP contribution < -0.4 is 10.6 Å². The summed E-state index contributed by atoms with van der Waals surface area (Å²) in [5.41, 5.74) is 0.789. The number of carboxylic acids is 1. The van der Waals surface area contributed by atoms with Crippen LogP contribution in [0.15, 0.2) is 30.3 Å². The first kappa shape index (κ1) is 17.5. The molecule has 7 nitrogen and oxygen atoms in total. The molecule has 3 N–H and O–H groups in total. The molecule has 0 aromatic heterocycles. The third kappa shape index (κ3) is 6.25. The number of hydrogen-bond donors (Lipinski definition) is 3. The molecule has 22 heavy (non-hydrogen) atoms. The average molecular weight is 308 g/mol. The quantitative estimate of drug-likeness (QED) is 0.700. The van der Waals surface area contributed by atoms with Crippen molar-refractivity contribution in [2.75, 3.05) is 6.54 Å². The van der Waals surface area contributed by atoms with Gasteiger partial charge in [0, 0.05) is 12.5 Å². The number of aliphatic carboxylic acids is 1. The lowest BCUT2D eigenvalue weighted by Crippen LogP contribution is -2.49. The number of carbonyl (C=O) groups is 3. The summed E-state index contributed by atoms with van der Waals surface area (Å²) in [4.78, 5) is 34.1. The normalized spacial score (nSPS) is 11.6. The number of ether oxygens (including phenoxy) is 1. The van der Waals surface area contributed by atoms with E-state index >= 15 is 0 Å². The standard InChI is InChI=1S/C15H20N2O5/c1-10(2)13(18)16-8-12(14(19)20)17-15(21)22-9-11-6-4-3-5-7-11/h3-7,10,12H,8-9H2,1-2H3,(H,16,18)(H,17,21)(H,19,20)/t12-/m0/s1. The average Bonchev–Trinajstić information content (AvgIpc) is 2.49. The number of nitrogens with one attached hydrogen (secondary N) is 2. The van der Waals surface area contributed by atoms with Gasteiger partial charge in [-0.1, -0.05) is 44.2 Å². The summed E-state index contributed by atoms with van der Waals surface area (Å²) < 4.78 is 4.94. The van der Waals surface area contributed by atoms with Crippen LogP contribution in [-0.4, -0.2) is 35.7 Å². The maximum Gasteiger partial charge on any atom is 0.408 e. The number of amides is 2. The predicted octanol–water partition coefficient (Wildman–Crippen LogP) is 1.14. The van der Waals surface area contributed by atoms with Crippen LogP contribution in [0.4, 0.5) is 4.79 Å². The molecule has 0 bridgehead atoms. The first-order chi connectivity index (χ1) is 10.4. The molecule has 1 aromatic carbocycles. The Morgan fingerprint density at radius 2 is 1.82 bits per heavy atom. The molecule has 0 saturated heterocycles. The molecule has 0 unspecified atom stereocenters. The third-order valence-corrected chi connectivity index (χ3v) is 2.81. The highest BCUT2D eigenvalue weighted by Crippen LogP contribution is 2.01. The lowest BCUT2D eigenvalue weighted by Gasteiger charge is -2.16. The Bertz CT molecular complexity index is 516. The van der Waals surface area contributed by atoms with Gasteiger partial charge < -0.3 is 20.5 Å². The zero-order valence-electron chi connectivity index (χ0n) is 12.5. The van der Waals surface area contributed by atoms with Gasteiger partial charge in [0.2, 0.25) is 5.91 Å². The van der Waals surface area contributed by atoms with E-state index in [4.69, 9.17) is 9.84 Å². The summed E-state index contributed by atoms with van der Waals surface area (Å²) in [6.07, 6.45) is -0.852. The zero-order valence-corrected chi connectivity index (χ0v) is 12.5. The molecule has 7 heteroatoms. The van der Waals surface area contributed by atoms with Crippen molar-refractivity contribution in [1.82, 2.24) is 10.6 Å². The largest absolute Gasteiger partial charge is 0.480 e. The number of carbonyl (C=O) groups excluding carboxylic acids is 2. The van der Waals surface area contributed by atoms with Gasteiger partial charge in [-0.3, -0.25) is 4.79 Å². The van der Waals surface area contributed by atoms with E-state index in [0.717, 1.165) is 5.56 Å². The van der Waals surface area contributed by atoms with Crippen molar-refractivity contribution in [1.29, 1.82) is 0 Å². The van der Waals surface area contributed by atoms with Crippen LogP contribution in [-0.2, 0) is 20.9 Å². The minimum absolute atomic E-state index is 0.0391. The van der Waals surface area contributed by atoms with Crippen LogP contribution in [0, 0.1) is 5.92 Å². The van der Waals surface area contributed by atoms with E-state index in [-0.39, 0.29) is 25.0 Å². The predicted molar refractivity (Wildman–Crippen MR) is 79.0 cm³/mol. The van der Waals surface area contributed by atoms with Gasteiger partial charge in [0.15, 0.2) is 0 Å². The maximum absolute atomic E-state index is 11.6. The van der Waals surface area contributed by atoms with Crippen LogP contribution in [0.25, 0.3) is 0 Å². The molecule has 1 rings (SSSR count). The molecule has 0 radical (unpaired) electrons. The fourth-order valence-corrected chi connectivity index (χ4v) is 1.51. The summed E-state index contributed by atoms with van der Waals surface area (Å²) in [7, 11) is 0. The minimum atomic E-state index is -1.25. The van der Waals surface area contributed by atoms with Gasteiger partial charge in [-0.2, -0.15) is 0 Å². The van der Waals surface area contributed by atoms with Gasteiger partial charge in [-0.25, -0.2) is 9.59 Å². The Hall–Kier alpha value is -2.57. The van der Waals surface area contributed by atoms with Crippen molar-refractivity contribution in [3.8, 4) is 0 Å². The van der Waals surface area contributed by atoms with Crippen LogP contribution in [0.3, 0.4) is 0 Å². The first-order valence-electron chi connectivity index (χ1n) is 6.88. The van der Waals surface area contributed by atoms with Crippen LogP contribution in [0.5, 0.6) is 0 Å². The van der Waals surface area contributed by atoms with E-state index in [1.165, 1.54) is 0 Å². The molecule has 2 amide bonds. The molecule has 0 spiro atoms. The van der Waals surface area contributed by atoms with E-state index < -0.39 is 18.1 Å². The molecule has 120 valence electrons. The van der Waals surface area contributed by atoms with Gasteiger partial charge in [-0.15, -0.1) is 0 Å².